The number of carbonyl (C=O) groups excluding carboxylic acids is 1. The van der Waals surface area contributed by atoms with E-state index in [1.54, 1.807) is 28.2 Å². The number of ether oxygens (including phenoxy) is 1. The Hall–Kier alpha value is -1.82. The molecular formula is C13H15N3O2S. The fourth-order valence-electron chi connectivity index (χ4n) is 2.30. The lowest BCUT2D eigenvalue weighted by molar-refractivity contribution is 0.201. The fourth-order valence-corrected chi connectivity index (χ4v) is 3.43. The Bertz CT molecular complexity index is 640. The van der Waals surface area contributed by atoms with Crippen molar-refractivity contribution in [2.45, 2.75) is 6.04 Å². The van der Waals surface area contributed by atoms with E-state index in [4.69, 9.17) is 4.74 Å². The molecule has 1 atom stereocenters. The van der Waals surface area contributed by atoms with E-state index in [9.17, 15) is 4.79 Å². The minimum atomic E-state index is 0.0425. The molecule has 1 aromatic carbocycles. The van der Waals surface area contributed by atoms with Crippen LogP contribution in [0.1, 0.15) is 11.0 Å². The van der Waals surface area contributed by atoms with Crippen molar-refractivity contribution < 1.29 is 9.53 Å². The van der Waals surface area contributed by atoms with E-state index >= 15 is 0 Å². The van der Waals surface area contributed by atoms with Crippen molar-refractivity contribution in [2.75, 3.05) is 27.7 Å². The number of nitrogens with zero attached hydrogens (tertiary/aromatic N) is 3. The molecule has 0 radical (unpaired) electrons. The standard InChI is InChI=1S/C13H15N3O2S/c1-15-7-10(16(2)13(15)17)12-14-9-5-4-8(18-3)6-11(9)19-12/h4-6,10H,7H2,1-3H3. The van der Waals surface area contributed by atoms with Crippen molar-refractivity contribution in [3.63, 3.8) is 0 Å². The number of likely N-dealkylation sites (N-methyl/N-ethyl adjacent to an activating group) is 2. The summed E-state index contributed by atoms with van der Waals surface area (Å²) in [5.41, 5.74) is 0.955. The van der Waals surface area contributed by atoms with Crippen molar-refractivity contribution in [3.05, 3.63) is 23.2 Å². The summed E-state index contributed by atoms with van der Waals surface area (Å²) in [7, 11) is 5.29. The SMILES string of the molecule is COc1ccc2nc(C3CN(C)C(=O)N3C)sc2c1. The first-order valence-corrected chi connectivity index (χ1v) is 6.84. The van der Waals surface area contributed by atoms with E-state index in [1.165, 1.54) is 0 Å². The van der Waals surface area contributed by atoms with Crippen LogP contribution < -0.4 is 4.74 Å². The Balaban J connectivity index is 2.00. The van der Waals surface area contributed by atoms with Crippen molar-refractivity contribution in [2.24, 2.45) is 0 Å². The molecule has 1 aliphatic heterocycles. The van der Waals surface area contributed by atoms with Gasteiger partial charge < -0.3 is 14.5 Å². The molecule has 1 unspecified atom stereocenters. The van der Waals surface area contributed by atoms with Crippen molar-refractivity contribution in [1.82, 2.24) is 14.8 Å². The molecule has 1 fully saturated rings. The van der Waals surface area contributed by atoms with Crippen LogP contribution in [0.15, 0.2) is 18.2 Å². The second-order valence-electron chi connectivity index (χ2n) is 4.68. The molecule has 2 aromatic rings. The van der Waals surface area contributed by atoms with Gasteiger partial charge >= 0.3 is 6.03 Å². The Labute approximate surface area is 115 Å². The van der Waals surface area contributed by atoms with Gasteiger partial charge in [0.15, 0.2) is 0 Å². The highest BCUT2D eigenvalue weighted by molar-refractivity contribution is 7.18. The summed E-state index contributed by atoms with van der Waals surface area (Å²) in [6.45, 7) is 0.687. The van der Waals surface area contributed by atoms with Crippen LogP contribution in [0, 0.1) is 0 Å². The quantitative estimate of drug-likeness (QED) is 0.846. The monoisotopic (exact) mass is 277 g/mol. The Morgan fingerprint density at radius 2 is 2.21 bits per heavy atom. The van der Waals surface area contributed by atoms with E-state index in [1.807, 2.05) is 32.3 Å². The van der Waals surface area contributed by atoms with Gasteiger partial charge in [-0.2, -0.15) is 0 Å². The molecular weight excluding hydrogens is 262 g/mol. The summed E-state index contributed by atoms with van der Waals surface area (Å²) in [6.07, 6.45) is 0. The van der Waals surface area contributed by atoms with Crippen molar-refractivity contribution in [1.29, 1.82) is 0 Å². The number of hydrogen-bond acceptors (Lipinski definition) is 4. The normalized spacial score (nSPS) is 19.5. The number of hydrogen-bond donors (Lipinski definition) is 0. The molecule has 1 saturated heterocycles. The molecule has 0 N–H and O–H groups in total. The van der Waals surface area contributed by atoms with Crippen LogP contribution in [0.25, 0.3) is 10.2 Å². The zero-order valence-corrected chi connectivity index (χ0v) is 11.9. The van der Waals surface area contributed by atoms with Gasteiger partial charge in [0.25, 0.3) is 0 Å². The van der Waals surface area contributed by atoms with E-state index in [2.05, 4.69) is 4.98 Å². The Morgan fingerprint density at radius 1 is 1.42 bits per heavy atom. The maximum atomic E-state index is 11.8. The van der Waals surface area contributed by atoms with Crippen LogP contribution in [0.5, 0.6) is 5.75 Å². The lowest BCUT2D eigenvalue weighted by Crippen LogP contribution is -2.26. The maximum Gasteiger partial charge on any atom is 0.320 e. The third-order valence-electron chi connectivity index (χ3n) is 3.44. The number of methoxy groups -OCH3 is 1. The van der Waals surface area contributed by atoms with Gasteiger partial charge in [0, 0.05) is 20.6 Å². The van der Waals surface area contributed by atoms with Gasteiger partial charge in [0.2, 0.25) is 0 Å². The average Bonchev–Trinajstić information content (AvgIpc) is 2.94. The van der Waals surface area contributed by atoms with Crippen LogP contribution in [-0.2, 0) is 0 Å². The third kappa shape index (κ3) is 1.92. The van der Waals surface area contributed by atoms with E-state index < -0.39 is 0 Å². The highest BCUT2D eigenvalue weighted by atomic mass is 32.1. The lowest BCUT2D eigenvalue weighted by Gasteiger charge is -2.14. The average molecular weight is 277 g/mol. The minimum Gasteiger partial charge on any atom is -0.497 e. The number of amides is 2. The smallest absolute Gasteiger partial charge is 0.320 e. The predicted octanol–water partition coefficient (Wildman–Crippen LogP) is 2.34. The molecule has 0 aliphatic carbocycles. The molecule has 1 aliphatic rings. The lowest BCUT2D eigenvalue weighted by atomic mass is 10.3. The Kier molecular flexibility index (Phi) is 2.82. The van der Waals surface area contributed by atoms with Crippen LogP contribution in [0.3, 0.4) is 0 Å². The zero-order chi connectivity index (χ0) is 13.6. The fraction of sp³-hybridized carbons (Fsp3) is 0.385. The highest BCUT2D eigenvalue weighted by Crippen LogP contribution is 2.34. The molecule has 6 heteroatoms. The van der Waals surface area contributed by atoms with Gasteiger partial charge in [-0.05, 0) is 18.2 Å². The van der Waals surface area contributed by atoms with Gasteiger partial charge in [-0.1, -0.05) is 0 Å². The van der Waals surface area contributed by atoms with Gasteiger partial charge in [0.05, 0.1) is 17.3 Å². The maximum absolute atomic E-state index is 11.8. The van der Waals surface area contributed by atoms with Gasteiger partial charge in [-0.15, -0.1) is 11.3 Å². The van der Waals surface area contributed by atoms with Crippen LogP contribution >= 0.6 is 11.3 Å². The summed E-state index contributed by atoms with van der Waals surface area (Å²) < 4.78 is 6.31. The number of carbonyl (C=O) groups is 1. The molecule has 2 heterocycles. The predicted molar refractivity (Wildman–Crippen MR) is 74.7 cm³/mol. The summed E-state index contributed by atoms with van der Waals surface area (Å²) in [4.78, 5) is 19.9. The Morgan fingerprint density at radius 3 is 2.84 bits per heavy atom. The number of fused-ring (bicyclic) bond motifs is 1. The summed E-state index contributed by atoms with van der Waals surface area (Å²) in [5.74, 6) is 0.829. The van der Waals surface area contributed by atoms with Crippen molar-refractivity contribution in [3.8, 4) is 5.75 Å². The van der Waals surface area contributed by atoms with E-state index in [0.717, 1.165) is 21.0 Å². The summed E-state index contributed by atoms with van der Waals surface area (Å²) in [6, 6.07) is 5.93. The van der Waals surface area contributed by atoms with E-state index in [-0.39, 0.29) is 12.1 Å². The number of benzene rings is 1. The van der Waals surface area contributed by atoms with Gasteiger partial charge in [-0.3, -0.25) is 0 Å². The summed E-state index contributed by atoms with van der Waals surface area (Å²) in [5, 5.41) is 0.975. The van der Waals surface area contributed by atoms with Crippen LogP contribution in [-0.4, -0.2) is 48.6 Å². The molecule has 0 bridgehead atoms. The molecule has 3 rings (SSSR count). The largest absolute Gasteiger partial charge is 0.497 e. The first kappa shape index (κ1) is 12.2. The molecule has 5 nitrogen and oxygen atoms in total. The molecule has 0 spiro atoms. The van der Waals surface area contributed by atoms with Crippen LogP contribution in [0.2, 0.25) is 0 Å². The molecule has 100 valence electrons. The first-order valence-electron chi connectivity index (χ1n) is 6.02. The zero-order valence-electron chi connectivity index (χ0n) is 11.1. The first-order chi connectivity index (χ1) is 9.10. The second kappa shape index (κ2) is 4.38. The molecule has 2 amide bonds. The van der Waals surface area contributed by atoms with Crippen LogP contribution in [0.4, 0.5) is 4.79 Å². The van der Waals surface area contributed by atoms with Gasteiger partial charge in [0.1, 0.15) is 16.8 Å². The van der Waals surface area contributed by atoms with Gasteiger partial charge in [-0.25, -0.2) is 9.78 Å². The number of urea groups is 1. The minimum absolute atomic E-state index is 0.0425. The number of thiazole rings is 1. The number of rotatable bonds is 2. The topological polar surface area (TPSA) is 45.7 Å². The summed E-state index contributed by atoms with van der Waals surface area (Å²) >= 11 is 1.62. The third-order valence-corrected chi connectivity index (χ3v) is 4.56. The number of aromatic nitrogens is 1. The molecule has 19 heavy (non-hydrogen) atoms. The second-order valence-corrected chi connectivity index (χ2v) is 5.74. The highest BCUT2D eigenvalue weighted by Gasteiger charge is 2.35. The van der Waals surface area contributed by atoms with E-state index in [0.29, 0.717) is 6.54 Å². The molecule has 0 saturated carbocycles. The van der Waals surface area contributed by atoms with Crippen molar-refractivity contribution >= 4 is 27.6 Å². The molecule has 1 aromatic heterocycles.